The molecular weight excluding hydrogens is 318 g/mol. The summed E-state index contributed by atoms with van der Waals surface area (Å²) in [5, 5.41) is 1.41. The first-order chi connectivity index (χ1) is 12.5. The van der Waals surface area contributed by atoms with Gasteiger partial charge in [0.2, 0.25) is 0 Å². The Morgan fingerprint density at radius 2 is 1.92 bits per heavy atom. The number of hydrogen-bond acceptors (Lipinski definition) is 2. The van der Waals surface area contributed by atoms with E-state index in [1.807, 2.05) is 12.4 Å². The van der Waals surface area contributed by atoms with Crippen LogP contribution in [0.3, 0.4) is 0 Å². The van der Waals surface area contributed by atoms with Crippen LogP contribution >= 0.6 is 0 Å². The lowest BCUT2D eigenvalue weighted by Gasteiger charge is -2.23. The molecule has 26 heavy (non-hydrogen) atoms. The number of pyridine rings is 1. The molecule has 0 bridgehead atoms. The van der Waals surface area contributed by atoms with Gasteiger partial charge in [-0.3, -0.25) is 4.98 Å². The van der Waals surface area contributed by atoms with E-state index < -0.39 is 0 Å². The second-order valence-corrected chi connectivity index (χ2v) is 7.76. The molecule has 3 nitrogen and oxygen atoms in total. The van der Waals surface area contributed by atoms with Gasteiger partial charge < -0.3 is 9.47 Å². The number of likely N-dealkylation sites (N-methyl/N-ethyl adjacent to an activating group) is 1. The van der Waals surface area contributed by atoms with Crippen molar-refractivity contribution in [3.05, 3.63) is 65.1 Å². The molecule has 134 valence electrons. The van der Waals surface area contributed by atoms with E-state index in [1.54, 1.807) is 0 Å². The van der Waals surface area contributed by atoms with E-state index in [9.17, 15) is 0 Å². The highest BCUT2D eigenvalue weighted by Gasteiger charge is 2.22. The van der Waals surface area contributed by atoms with Crippen molar-refractivity contribution in [2.75, 3.05) is 13.6 Å². The zero-order valence-electron chi connectivity index (χ0n) is 16.2. The first kappa shape index (κ1) is 17.0. The third-order valence-electron chi connectivity index (χ3n) is 5.53. The van der Waals surface area contributed by atoms with Gasteiger partial charge in [0.15, 0.2) is 0 Å². The van der Waals surface area contributed by atoms with Crippen LogP contribution in [0.15, 0.2) is 42.7 Å². The standard InChI is InChI=1S/C23H27N3/c1-16(2)19-5-6-22-20(13-19)21-15-25(4)12-9-23(21)26(22)14-17(3)18-7-10-24-11-8-18/h5-8,10-11,13-14,16H,9,12,15H2,1-4H3/b17-14-. The lowest BCUT2D eigenvalue weighted by Crippen LogP contribution is -2.26. The minimum Gasteiger partial charge on any atom is -0.320 e. The monoisotopic (exact) mass is 345 g/mol. The van der Waals surface area contributed by atoms with E-state index in [2.05, 4.69) is 78.8 Å². The Kier molecular flexibility index (Phi) is 4.41. The lowest BCUT2D eigenvalue weighted by atomic mass is 9.98. The van der Waals surface area contributed by atoms with Gasteiger partial charge in [-0.1, -0.05) is 19.9 Å². The van der Waals surface area contributed by atoms with Crippen LogP contribution in [0.4, 0.5) is 0 Å². The van der Waals surface area contributed by atoms with E-state index in [0.717, 1.165) is 19.5 Å². The Bertz CT molecular complexity index is 964. The molecule has 1 aliphatic rings. The highest BCUT2D eigenvalue weighted by molar-refractivity contribution is 5.90. The minimum atomic E-state index is 0.550. The normalized spacial score (nSPS) is 15.7. The van der Waals surface area contributed by atoms with Crippen molar-refractivity contribution >= 4 is 22.7 Å². The number of nitrogens with zero attached hydrogens (tertiary/aromatic N) is 3. The summed E-state index contributed by atoms with van der Waals surface area (Å²) >= 11 is 0. The van der Waals surface area contributed by atoms with Crippen LogP contribution < -0.4 is 0 Å². The lowest BCUT2D eigenvalue weighted by molar-refractivity contribution is 0.312. The highest BCUT2D eigenvalue weighted by Crippen LogP contribution is 2.34. The van der Waals surface area contributed by atoms with Crippen LogP contribution in [0.2, 0.25) is 0 Å². The van der Waals surface area contributed by atoms with Crippen LogP contribution in [-0.2, 0) is 13.0 Å². The Morgan fingerprint density at radius 3 is 2.65 bits per heavy atom. The van der Waals surface area contributed by atoms with Crippen LogP contribution in [-0.4, -0.2) is 28.0 Å². The molecule has 0 saturated heterocycles. The van der Waals surface area contributed by atoms with Gasteiger partial charge in [0.1, 0.15) is 0 Å². The first-order valence-electron chi connectivity index (χ1n) is 9.47. The van der Waals surface area contributed by atoms with Crippen molar-refractivity contribution in [3.63, 3.8) is 0 Å². The summed E-state index contributed by atoms with van der Waals surface area (Å²) in [4.78, 5) is 6.56. The van der Waals surface area contributed by atoms with E-state index in [4.69, 9.17) is 0 Å². The fourth-order valence-corrected chi connectivity index (χ4v) is 3.93. The van der Waals surface area contributed by atoms with E-state index in [-0.39, 0.29) is 0 Å². The summed E-state index contributed by atoms with van der Waals surface area (Å²) in [5.74, 6) is 0.550. The average Bonchev–Trinajstić information content (AvgIpc) is 2.95. The van der Waals surface area contributed by atoms with Gasteiger partial charge in [-0.2, -0.15) is 0 Å². The number of benzene rings is 1. The Balaban J connectivity index is 1.92. The van der Waals surface area contributed by atoms with Gasteiger partial charge in [0.25, 0.3) is 0 Å². The fourth-order valence-electron chi connectivity index (χ4n) is 3.93. The molecular formula is C23H27N3. The van der Waals surface area contributed by atoms with Gasteiger partial charge >= 0.3 is 0 Å². The first-order valence-corrected chi connectivity index (χ1v) is 9.47. The molecule has 0 radical (unpaired) electrons. The van der Waals surface area contributed by atoms with Crippen LogP contribution in [0.25, 0.3) is 22.7 Å². The highest BCUT2D eigenvalue weighted by atomic mass is 15.1. The summed E-state index contributed by atoms with van der Waals surface area (Å²) in [6.45, 7) is 8.87. The molecule has 2 aromatic heterocycles. The molecule has 0 aliphatic carbocycles. The average molecular weight is 345 g/mol. The molecule has 1 aliphatic heterocycles. The molecule has 0 amide bonds. The summed E-state index contributed by atoms with van der Waals surface area (Å²) < 4.78 is 2.43. The van der Waals surface area contributed by atoms with E-state index in [0.29, 0.717) is 5.92 Å². The number of allylic oxidation sites excluding steroid dienone is 1. The van der Waals surface area contributed by atoms with Crippen molar-refractivity contribution in [2.24, 2.45) is 0 Å². The summed E-state index contributed by atoms with van der Waals surface area (Å²) in [7, 11) is 2.22. The SMILES string of the molecule is C/C(=C/n1c2c(c3cc(C(C)C)ccc31)CN(C)CC2)c1ccncc1. The molecule has 0 spiro atoms. The number of aromatic nitrogens is 2. The molecule has 4 rings (SSSR count). The summed E-state index contributed by atoms with van der Waals surface area (Å²) in [5.41, 5.74) is 8.19. The predicted molar refractivity (Wildman–Crippen MR) is 110 cm³/mol. The molecule has 3 heterocycles. The quantitative estimate of drug-likeness (QED) is 0.653. The van der Waals surface area contributed by atoms with E-state index in [1.165, 1.54) is 38.9 Å². The number of fused-ring (bicyclic) bond motifs is 3. The van der Waals surface area contributed by atoms with Crippen molar-refractivity contribution in [2.45, 2.75) is 39.7 Å². The van der Waals surface area contributed by atoms with Crippen LogP contribution in [0.5, 0.6) is 0 Å². The van der Waals surface area contributed by atoms with Gasteiger partial charge in [0.05, 0.1) is 5.52 Å². The Morgan fingerprint density at radius 1 is 1.15 bits per heavy atom. The third-order valence-corrected chi connectivity index (χ3v) is 5.53. The second-order valence-electron chi connectivity index (χ2n) is 7.76. The van der Waals surface area contributed by atoms with Gasteiger partial charge in [-0.05, 0) is 66.4 Å². The molecule has 0 N–H and O–H groups in total. The molecule has 0 atom stereocenters. The van der Waals surface area contributed by atoms with Crippen LogP contribution in [0.1, 0.15) is 49.1 Å². The Hall–Kier alpha value is -2.39. The van der Waals surface area contributed by atoms with Crippen molar-refractivity contribution in [1.29, 1.82) is 0 Å². The molecule has 1 aromatic carbocycles. The Labute approximate surface area is 156 Å². The largest absolute Gasteiger partial charge is 0.320 e. The summed E-state index contributed by atoms with van der Waals surface area (Å²) in [6.07, 6.45) is 7.12. The van der Waals surface area contributed by atoms with E-state index >= 15 is 0 Å². The fraction of sp³-hybridized carbons (Fsp3) is 0.348. The molecule has 0 fully saturated rings. The second kappa shape index (κ2) is 6.73. The zero-order valence-corrected chi connectivity index (χ0v) is 16.2. The third kappa shape index (κ3) is 2.97. The minimum absolute atomic E-state index is 0.550. The molecule has 0 unspecified atom stereocenters. The maximum absolute atomic E-state index is 4.14. The smallest absolute Gasteiger partial charge is 0.0529 e. The van der Waals surface area contributed by atoms with Crippen molar-refractivity contribution in [3.8, 4) is 0 Å². The number of rotatable bonds is 3. The molecule has 3 aromatic rings. The van der Waals surface area contributed by atoms with Crippen molar-refractivity contribution in [1.82, 2.24) is 14.5 Å². The molecule has 3 heteroatoms. The van der Waals surface area contributed by atoms with Crippen LogP contribution in [0, 0.1) is 0 Å². The zero-order chi connectivity index (χ0) is 18.3. The topological polar surface area (TPSA) is 21.1 Å². The maximum atomic E-state index is 4.14. The van der Waals surface area contributed by atoms with Crippen molar-refractivity contribution < 1.29 is 0 Å². The van der Waals surface area contributed by atoms with Gasteiger partial charge in [0, 0.05) is 49.2 Å². The van der Waals surface area contributed by atoms with Gasteiger partial charge in [-0.15, -0.1) is 0 Å². The predicted octanol–water partition coefficient (Wildman–Crippen LogP) is 5.17. The summed E-state index contributed by atoms with van der Waals surface area (Å²) in [6, 6.07) is 11.2. The van der Waals surface area contributed by atoms with Gasteiger partial charge in [-0.25, -0.2) is 0 Å². The molecule has 0 saturated carbocycles. The maximum Gasteiger partial charge on any atom is 0.0529 e. The number of hydrogen-bond donors (Lipinski definition) is 0.